The van der Waals surface area contributed by atoms with Gasteiger partial charge in [0.15, 0.2) is 0 Å². The maximum Gasteiger partial charge on any atom is 0.307 e. The lowest BCUT2D eigenvalue weighted by Gasteiger charge is -2.07. The van der Waals surface area contributed by atoms with Gasteiger partial charge >= 0.3 is 5.97 Å². The van der Waals surface area contributed by atoms with Crippen LogP contribution in [0.3, 0.4) is 0 Å². The van der Waals surface area contributed by atoms with Crippen LogP contribution in [0.5, 0.6) is 0 Å². The van der Waals surface area contributed by atoms with Crippen LogP contribution in [0.4, 0.5) is 5.69 Å². The van der Waals surface area contributed by atoms with Gasteiger partial charge in [0.1, 0.15) is 4.90 Å². The van der Waals surface area contributed by atoms with Crippen LogP contribution in [0.25, 0.3) is 0 Å². The molecule has 20 heavy (non-hydrogen) atoms. The number of aryl methyl sites for hydroxylation is 1. The molecule has 2 N–H and O–H groups in total. The first-order valence-electron chi connectivity index (χ1n) is 5.69. The quantitative estimate of drug-likeness (QED) is 0.851. The third-order valence-electron chi connectivity index (χ3n) is 2.53. The number of rotatable bonds is 5. The minimum absolute atomic E-state index is 0.0450. The second kappa shape index (κ2) is 5.33. The van der Waals surface area contributed by atoms with E-state index in [0.29, 0.717) is 11.3 Å². The van der Waals surface area contributed by atoms with E-state index >= 15 is 0 Å². The summed E-state index contributed by atoms with van der Waals surface area (Å²) in [6, 6.07) is 6.26. The molecule has 0 aliphatic heterocycles. The molecule has 0 saturated carbocycles. The van der Waals surface area contributed by atoms with Gasteiger partial charge in [-0.1, -0.05) is 12.1 Å². The molecule has 0 spiro atoms. The molecule has 1 aromatic heterocycles. The molecule has 0 radical (unpaired) electrons. The van der Waals surface area contributed by atoms with E-state index < -0.39 is 16.0 Å². The van der Waals surface area contributed by atoms with Crippen LogP contribution in [-0.2, 0) is 28.3 Å². The van der Waals surface area contributed by atoms with Gasteiger partial charge in [-0.3, -0.25) is 14.2 Å². The molecule has 1 aromatic carbocycles. The fourth-order valence-corrected chi connectivity index (χ4v) is 2.70. The molecule has 0 fully saturated rings. The van der Waals surface area contributed by atoms with Gasteiger partial charge in [-0.2, -0.15) is 5.10 Å². The lowest BCUT2D eigenvalue weighted by molar-refractivity contribution is -0.136. The summed E-state index contributed by atoms with van der Waals surface area (Å²) in [5.41, 5.74) is 0.830. The maximum atomic E-state index is 12.1. The van der Waals surface area contributed by atoms with Crippen molar-refractivity contribution in [3.8, 4) is 0 Å². The van der Waals surface area contributed by atoms with Gasteiger partial charge in [-0.25, -0.2) is 8.42 Å². The van der Waals surface area contributed by atoms with Gasteiger partial charge in [-0.15, -0.1) is 0 Å². The zero-order chi connectivity index (χ0) is 14.8. The average molecular weight is 295 g/mol. The van der Waals surface area contributed by atoms with Crippen molar-refractivity contribution in [2.75, 3.05) is 4.72 Å². The smallest absolute Gasteiger partial charge is 0.307 e. The number of hydrogen-bond acceptors (Lipinski definition) is 4. The molecule has 7 nitrogen and oxygen atoms in total. The summed E-state index contributed by atoms with van der Waals surface area (Å²) in [6.45, 7) is 0. The van der Waals surface area contributed by atoms with E-state index in [9.17, 15) is 13.2 Å². The average Bonchev–Trinajstić information content (AvgIpc) is 2.75. The SMILES string of the molecule is Cn1cc(S(=O)(=O)Nc2cccc(CC(=O)O)c2)cn1. The van der Waals surface area contributed by atoms with E-state index in [1.54, 1.807) is 25.2 Å². The Morgan fingerprint density at radius 2 is 2.20 bits per heavy atom. The Bertz CT molecular complexity index is 737. The summed E-state index contributed by atoms with van der Waals surface area (Å²) in [5.74, 6) is -0.975. The van der Waals surface area contributed by atoms with Crippen LogP contribution in [0.1, 0.15) is 5.56 Å². The minimum Gasteiger partial charge on any atom is -0.481 e. The Hall–Kier alpha value is -2.35. The van der Waals surface area contributed by atoms with Crippen molar-refractivity contribution in [3.05, 3.63) is 42.2 Å². The van der Waals surface area contributed by atoms with Crippen molar-refractivity contribution < 1.29 is 18.3 Å². The van der Waals surface area contributed by atoms with Gasteiger partial charge in [-0.05, 0) is 17.7 Å². The molecular formula is C12H13N3O4S. The number of benzene rings is 1. The first-order chi connectivity index (χ1) is 9.37. The number of carbonyl (C=O) groups is 1. The number of aromatic nitrogens is 2. The Kier molecular flexibility index (Phi) is 3.75. The Labute approximate surface area is 115 Å². The van der Waals surface area contributed by atoms with Crippen molar-refractivity contribution in [1.82, 2.24) is 9.78 Å². The summed E-state index contributed by atoms with van der Waals surface area (Å²) in [6.07, 6.45) is 2.45. The van der Waals surface area contributed by atoms with Gasteiger partial charge in [0.25, 0.3) is 10.0 Å². The molecule has 106 valence electrons. The number of nitrogens with one attached hydrogen (secondary N) is 1. The molecule has 8 heteroatoms. The van der Waals surface area contributed by atoms with Gasteiger partial charge in [0.05, 0.1) is 12.6 Å². The molecule has 0 amide bonds. The Morgan fingerprint density at radius 3 is 2.80 bits per heavy atom. The largest absolute Gasteiger partial charge is 0.481 e. The van der Waals surface area contributed by atoms with Crippen molar-refractivity contribution in [2.45, 2.75) is 11.3 Å². The fraction of sp³-hybridized carbons (Fsp3) is 0.167. The number of aliphatic carboxylic acids is 1. The standard InChI is InChI=1S/C12H13N3O4S/c1-15-8-11(7-13-15)20(18,19)14-10-4-2-3-9(5-10)6-12(16)17/h2-5,7-8,14H,6H2,1H3,(H,16,17). The first-order valence-corrected chi connectivity index (χ1v) is 7.17. The lowest BCUT2D eigenvalue weighted by Crippen LogP contribution is -2.12. The Balaban J connectivity index is 2.23. The number of sulfonamides is 1. The van der Waals surface area contributed by atoms with Gasteiger partial charge in [0, 0.05) is 18.9 Å². The molecule has 2 rings (SSSR count). The zero-order valence-corrected chi connectivity index (χ0v) is 11.5. The molecule has 0 aliphatic carbocycles. The van der Waals surface area contributed by atoms with E-state index in [1.165, 1.54) is 23.1 Å². The number of carboxylic acid groups (broad SMARTS) is 1. The molecule has 0 aliphatic rings. The summed E-state index contributed by atoms with van der Waals surface area (Å²) in [5, 5.41) is 12.5. The van der Waals surface area contributed by atoms with E-state index in [0.717, 1.165) is 0 Å². The normalized spacial score (nSPS) is 11.2. The summed E-state index contributed by atoms with van der Waals surface area (Å²) < 4.78 is 27.9. The summed E-state index contributed by atoms with van der Waals surface area (Å²) in [7, 11) is -2.10. The topological polar surface area (TPSA) is 101 Å². The second-order valence-electron chi connectivity index (χ2n) is 4.23. The van der Waals surface area contributed by atoms with E-state index in [4.69, 9.17) is 5.11 Å². The van der Waals surface area contributed by atoms with Crippen molar-refractivity contribution in [1.29, 1.82) is 0 Å². The maximum absolute atomic E-state index is 12.1. The molecule has 0 saturated heterocycles. The van der Waals surface area contributed by atoms with Crippen LogP contribution in [-0.4, -0.2) is 29.3 Å². The highest BCUT2D eigenvalue weighted by Gasteiger charge is 2.16. The minimum atomic E-state index is -3.72. The van der Waals surface area contributed by atoms with E-state index in [-0.39, 0.29) is 11.3 Å². The van der Waals surface area contributed by atoms with Crippen molar-refractivity contribution in [2.24, 2.45) is 7.05 Å². The number of nitrogens with zero attached hydrogens (tertiary/aromatic N) is 2. The summed E-state index contributed by atoms with van der Waals surface area (Å²) in [4.78, 5) is 10.7. The monoisotopic (exact) mass is 295 g/mol. The third kappa shape index (κ3) is 3.35. The highest BCUT2D eigenvalue weighted by molar-refractivity contribution is 7.92. The summed E-state index contributed by atoms with van der Waals surface area (Å²) >= 11 is 0. The predicted molar refractivity (Wildman–Crippen MR) is 71.8 cm³/mol. The lowest BCUT2D eigenvalue weighted by atomic mass is 10.1. The highest BCUT2D eigenvalue weighted by atomic mass is 32.2. The molecule has 2 aromatic rings. The third-order valence-corrected chi connectivity index (χ3v) is 3.86. The van der Waals surface area contributed by atoms with Crippen molar-refractivity contribution in [3.63, 3.8) is 0 Å². The molecule has 0 bridgehead atoms. The van der Waals surface area contributed by atoms with E-state index in [2.05, 4.69) is 9.82 Å². The van der Waals surface area contributed by atoms with Crippen LogP contribution in [0.15, 0.2) is 41.6 Å². The Morgan fingerprint density at radius 1 is 1.45 bits per heavy atom. The van der Waals surface area contributed by atoms with Crippen LogP contribution >= 0.6 is 0 Å². The molecule has 1 heterocycles. The van der Waals surface area contributed by atoms with E-state index in [1.807, 2.05) is 0 Å². The molecule has 0 atom stereocenters. The fourth-order valence-electron chi connectivity index (χ4n) is 1.67. The number of hydrogen-bond donors (Lipinski definition) is 2. The van der Waals surface area contributed by atoms with Crippen LogP contribution in [0.2, 0.25) is 0 Å². The van der Waals surface area contributed by atoms with Gasteiger partial charge < -0.3 is 5.11 Å². The van der Waals surface area contributed by atoms with Crippen molar-refractivity contribution >= 4 is 21.7 Å². The van der Waals surface area contributed by atoms with Gasteiger partial charge in [0.2, 0.25) is 0 Å². The zero-order valence-electron chi connectivity index (χ0n) is 10.6. The number of anilines is 1. The first kappa shape index (κ1) is 14.1. The number of carboxylic acids is 1. The molecule has 0 unspecified atom stereocenters. The second-order valence-corrected chi connectivity index (χ2v) is 5.91. The van der Waals surface area contributed by atoms with Crippen LogP contribution in [0, 0.1) is 0 Å². The van der Waals surface area contributed by atoms with Crippen LogP contribution < -0.4 is 4.72 Å². The predicted octanol–water partition coefficient (Wildman–Crippen LogP) is 0.848. The molecular weight excluding hydrogens is 282 g/mol. The highest BCUT2D eigenvalue weighted by Crippen LogP contribution is 2.17.